The fraction of sp³-hybridized carbons (Fsp3) is 0. The summed E-state index contributed by atoms with van der Waals surface area (Å²) >= 11 is 0. The maximum absolute atomic E-state index is 4.21. The monoisotopic (exact) mass is 400 g/mol. The maximum Gasteiger partial charge on any atom is 0.162 e. The molecule has 148 valence electrons. The van der Waals surface area contributed by atoms with E-state index in [0.29, 0.717) is 5.82 Å². The Morgan fingerprint density at radius 1 is 0.419 bits per heavy atom. The van der Waals surface area contributed by atoms with Crippen molar-refractivity contribution in [2.45, 2.75) is 0 Å². The van der Waals surface area contributed by atoms with Gasteiger partial charge in [0.1, 0.15) is 12.7 Å². The quantitative estimate of drug-likeness (QED) is 0.330. The molecule has 4 aromatic carbocycles. The first-order valence-electron chi connectivity index (χ1n) is 10.1. The second-order valence-corrected chi connectivity index (χ2v) is 7.09. The molecule has 0 fully saturated rings. The summed E-state index contributed by atoms with van der Waals surface area (Å²) in [4.78, 5) is 14.6. The number of hydrogen-bond acceptors (Lipinski definition) is 4. The summed E-state index contributed by atoms with van der Waals surface area (Å²) in [7, 11) is 0. The van der Waals surface area contributed by atoms with Crippen LogP contribution in [0.1, 0.15) is 0 Å². The van der Waals surface area contributed by atoms with Crippen LogP contribution in [-0.2, 0) is 0 Å². The lowest BCUT2D eigenvalue weighted by Crippen LogP contribution is -2.09. The van der Waals surface area contributed by atoms with Gasteiger partial charge in [0.15, 0.2) is 5.82 Å². The molecule has 0 amide bonds. The SMILES string of the molecule is c1ccc(N(c2ccccc2)c2ccc(-c3ccc(-c4ncncn4)cc3)cc2)cc1. The van der Waals surface area contributed by atoms with Crippen molar-refractivity contribution in [3.63, 3.8) is 0 Å². The van der Waals surface area contributed by atoms with E-state index in [2.05, 4.69) is 105 Å². The van der Waals surface area contributed by atoms with Gasteiger partial charge >= 0.3 is 0 Å². The number of hydrogen-bond donors (Lipinski definition) is 0. The van der Waals surface area contributed by atoms with Crippen molar-refractivity contribution in [1.29, 1.82) is 0 Å². The maximum atomic E-state index is 4.21. The highest BCUT2D eigenvalue weighted by Crippen LogP contribution is 2.35. The zero-order chi connectivity index (χ0) is 20.9. The van der Waals surface area contributed by atoms with E-state index in [1.807, 2.05) is 24.3 Å². The normalized spacial score (nSPS) is 10.6. The van der Waals surface area contributed by atoms with E-state index in [1.165, 1.54) is 12.7 Å². The minimum absolute atomic E-state index is 0.679. The Kier molecular flexibility index (Phi) is 5.18. The van der Waals surface area contributed by atoms with Crippen molar-refractivity contribution in [1.82, 2.24) is 15.0 Å². The van der Waals surface area contributed by atoms with Gasteiger partial charge < -0.3 is 4.90 Å². The first-order valence-corrected chi connectivity index (χ1v) is 10.1. The topological polar surface area (TPSA) is 41.9 Å². The van der Waals surface area contributed by atoms with E-state index >= 15 is 0 Å². The predicted octanol–water partition coefficient (Wildman–Crippen LogP) is 6.68. The molecule has 0 radical (unpaired) electrons. The summed E-state index contributed by atoms with van der Waals surface area (Å²) in [5.74, 6) is 0.679. The van der Waals surface area contributed by atoms with Gasteiger partial charge in [-0.15, -0.1) is 0 Å². The minimum atomic E-state index is 0.679. The summed E-state index contributed by atoms with van der Waals surface area (Å²) in [6, 6.07) is 37.7. The van der Waals surface area contributed by atoms with Gasteiger partial charge in [0.05, 0.1) is 0 Å². The van der Waals surface area contributed by atoms with E-state index < -0.39 is 0 Å². The smallest absolute Gasteiger partial charge is 0.162 e. The molecule has 1 heterocycles. The number of anilines is 3. The number of rotatable bonds is 5. The Bertz CT molecular complexity index is 1200. The summed E-state index contributed by atoms with van der Waals surface area (Å²) < 4.78 is 0. The van der Waals surface area contributed by atoms with Crippen LogP contribution in [0.5, 0.6) is 0 Å². The van der Waals surface area contributed by atoms with E-state index in [-0.39, 0.29) is 0 Å². The van der Waals surface area contributed by atoms with Crippen LogP contribution in [0.3, 0.4) is 0 Å². The van der Waals surface area contributed by atoms with Gasteiger partial charge in [-0.3, -0.25) is 0 Å². The molecule has 0 aliphatic heterocycles. The van der Waals surface area contributed by atoms with Crippen LogP contribution < -0.4 is 4.90 Å². The molecular weight excluding hydrogens is 380 g/mol. The van der Waals surface area contributed by atoms with E-state index in [4.69, 9.17) is 0 Å². The van der Waals surface area contributed by atoms with Crippen LogP contribution in [0.2, 0.25) is 0 Å². The van der Waals surface area contributed by atoms with Crippen LogP contribution in [0.4, 0.5) is 17.1 Å². The largest absolute Gasteiger partial charge is 0.311 e. The van der Waals surface area contributed by atoms with Gasteiger partial charge in [-0.2, -0.15) is 0 Å². The lowest BCUT2D eigenvalue weighted by molar-refractivity contribution is 1.06. The van der Waals surface area contributed by atoms with Crippen molar-refractivity contribution in [2.24, 2.45) is 0 Å². The van der Waals surface area contributed by atoms with Crippen molar-refractivity contribution in [3.8, 4) is 22.5 Å². The first kappa shape index (κ1) is 18.7. The molecule has 5 aromatic rings. The molecule has 4 heteroatoms. The predicted molar refractivity (Wildman–Crippen MR) is 125 cm³/mol. The van der Waals surface area contributed by atoms with Crippen LogP contribution in [0, 0.1) is 0 Å². The lowest BCUT2D eigenvalue weighted by atomic mass is 10.0. The van der Waals surface area contributed by atoms with Gasteiger partial charge in [0.2, 0.25) is 0 Å². The molecule has 0 spiro atoms. The van der Waals surface area contributed by atoms with Gasteiger partial charge in [0.25, 0.3) is 0 Å². The number of para-hydroxylation sites is 2. The summed E-state index contributed by atoms with van der Waals surface area (Å²) in [6.45, 7) is 0. The molecule has 31 heavy (non-hydrogen) atoms. The first-order chi connectivity index (χ1) is 15.4. The molecule has 0 saturated heterocycles. The highest BCUT2D eigenvalue weighted by molar-refractivity contribution is 5.78. The molecule has 5 rings (SSSR count). The Balaban J connectivity index is 1.46. The summed E-state index contributed by atoms with van der Waals surface area (Å²) in [5.41, 5.74) is 6.65. The zero-order valence-corrected chi connectivity index (χ0v) is 16.8. The van der Waals surface area contributed by atoms with Gasteiger partial charge in [-0.05, 0) is 47.5 Å². The second kappa shape index (κ2) is 8.59. The average molecular weight is 400 g/mol. The molecule has 0 unspecified atom stereocenters. The number of aromatic nitrogens is 3. The number of nitrogens with zero attached hydrogens (tertiary/aromatic N) is 4. The molecule has 0 atom stereocenters. The van der Waals surface area contributed by atoms with E-state index in [1.54, 1.807) is 0 Å². The molecular formula is C27H20N4. The van der Waals surface area contributed by atoms with Gasteiger partial charge in [-0.25, -0.2) is 15.0 Å². The van der Waals surface area contributed by atoms with E-state index in [0.717, 1.165) is 33.8 Å². The van der Waals surface area contributed by atoms with Gasteiger partial charge in [-0.1, -0.05) is 72.8 Å². The van der Waals surface area contributed by atoms with Crippen molar-refractivity contribution in [2.75, 3.05) is 4.90 Å². The second-order valence-electron chi connectivity index (χ2n) is 7.09. The zero-order valence-electron chi connectivity index (χ0n) is 16.8. The Morgan fingerprint density at radius 2 is 0.839 bits per heavy atom. The minimum Gasteiger partial charge on any atom is -0.311 e. The average Bonchev–Trinajstić information content (AvgIpc) is 2.87. The lowest BCUT2D eigenvalue weighted by Gasteiger charge is -2.25. The van der Waals surface area contributed by atoms with Gasteiger partial charge in [0, 0.05) is 22.6 Å². The molecule has 1 aromatic heterocycles. The molecule has 0 N–H and O–H groups in total. The standard InChI is InChI=1S/C27H20N4/c1-3-7-24(8-4-1)31(25-9-5-2-6-10-25)26-17-15-22(16-18-26)21-11-13-23(14-12-21)27-29-19-28-20-30-27/h1-20H. The molecule has 4 nitrogen and oxygen atoms in total. The molecule has 0 saturated carbocycles. The van der Waals surface area contributed by atoms with Crippen LogP contribution >= 0.6 is 0 Å². The summed E-state index contributed by atoms with van der Waals surface area (Å²) in [5, 5.41) is 0. The van der Waals surface area contributed by atoms with Crippen molar-refractivity contribution in [3.05, 3.63) is 122 Å². The molecule has 0 bridgehead atoms. The van der Waals surface area contributed by atoms with E-state index in [9.17, 15) is 0 Å². The Hall–Kier alpha value is -4.31. The highest BCUT2D eigenvalue weighted by atomic mass is 15.1. The Labute approximate surface area is 181 Å². The highest BCUT2D eigenvalue weighted by Gasteiger charge is 2.12. The third-order valence-electron chi connectivity index (χ3n) is 5.12. The molecule has 0 aliphatic carbocycles. The Morgan fingerprint density at radius 3 is 1.35 bits per heavy atom. The third kappa shape index (κ3) is 4.05. The third-order valence-corrected chi connectivity index (χ3v) is 5.12. The summed E-state index contributed by atoms with van der Waals surface area (Å²) in [6.07, 6.45) is 3.03. The van der Waals surface area contributed by atoms with Crippen molar-refractivity contribution < 1.29 is 0 Å². The van der Waals surface area contributed by atoms with Crippen LogP contribution in [0.25, 0.3) is 22.5 Å². The number of benzene rings is 4. The van der Waals surface area contributed by atoms with Crippen LogP contribution in [0.15, 0.2) is 122 Å². The van der Waals surface area contributed by atoms with Crippen molar-refractivity contribution >= 4 is 17.1 Å². The fourth-order valence-corrected chi connectivity index (χ4v) is 3.60. The molecule has 0 aliphatic rings. The fourth-order valence-electron chi connectivity index (χ4n) is 3.60. The van der Waals surface area contributed by atoms with Crippen LogP contribution in [-0.4, -0.2) is 15.0 Å².